The minimum atomic E-state index is -3.49. The van der Waals surface area contributed by atoms with Crippen LogP contribution in [0.3, 0.4) is 0 Å². The SMILES string of the molecule is Cc1cc(S(=O)(=O)NCc2ccc(O)cc2)sc1Br. The molecule has 0 fully saturated rings. The van der Waals surface area contributed by atoms with E-state index in [4.69, 9.17) is 5.11 Å². The average molecular weight is 362 g/mol. The summed E-state index contributed by atoms with van der Waals surface area (Å²) in [6.45, 7) is 2.04. The standard InChI is InChI=1S/C12H12BrNO3S2/c1-8-6-11(18-12(8)13)19(16,17)14-7-9-2-4-10(15)5-3-9/h2-6,14-15H,7H2,1H3. The predicted octanol–water partition coefficient (Wildman–Crippen LogP) is 3.00. The summed E-state index contributed by atoms with van der Waals surface area (Å²) in [5.74, 6) is 0.157. The van der Waals surface area contributed by atoms with Gasteiger partial charge in [0.25, 0.3) is 0 Å². The zero-order valence-corrected chi connectivity index (χ0v) is 13.3. The molecule has 4 nitrogen and oxygen atoms in total. The van der Waals surface area contributed by atoms with Crippen molar-refractivity contribution in [3.8, 4) is 5.75 Å². The monoisotopic (exact) mass is 361 g/mol. The second-order valence-electron chi connectivity index (χ2n) is 4.01. The second-order valence-corrected chi connectivity index (χ2v) is 8.38. The lowest BCUT2D eigenvalue weighted by atomic mass is 10.2. The van der Waals surface area contributed by atoms with Crippen molar-refractivity contribution in [3.05, 3.63) is 45.2 Å². The van der Waals surface area contributed by atoms with Crippen LogP contribution in [-0.4, -0.2) is 13.5 Å². The second kappa shape index (κ2) is 5.62. The lowest BCUT2D eigenvalue weighted by Gasteiger charge is -2.04. The third kappa shape index (κ3) is 3.56. The van der Waals surface area contributed by atoms with Crippen LogP contribution in [0.1, 0.15) is 11.1 Å². The van der Waals surface area contributed by atoms with E-state index in [1.807, 2.05) is 6.92 Å². The Hall–Kier alpha value is -0.890. The molecule has 2 aromatic rings. The van der Waals surface area contributed by atoms with Crippen molar-refractivity contribution in [2.24, 2.45) is 0 Å². The molecule has 2 rings (SSSR count). The number of sulfonamides is 1. The Morgan fingerprint density at radius 3 is 2.47 bits per heavy atom. The van der Waals surface area contributed by atoms with Crippen LogP contribution in [-0.2, 0) is 16.6 Å². The molecule has 2 N–H and O–H groups in total. The first-order valence-corrected chi connectivity index (χ1v) is 8.51. The molecule has 0 bridgehead atoms. The average Bonchev–Trinajstić information content (AvgIpc) is 2.70. The van der Waals surface area contributed by atoms with E-state index in [1.54, 1.807) is 18.2 Å². The number of benzene rings is 1. The molecule has 0 aliphatic heterocycles. The smallest absolute Gasteiger partial charge is 0.250 e. The van der Waals surface area contributed by atoms with E-state index in [0.717, 1.165) is 14.9 Å². The quantitative estimate of drug-likeness (QED) is 0.879. The van der Waals surface area contributed by atoms with Gasteiger partial charge >= 0.3 is 0 Å². The molecule has 0 spiro atoms. The number of hydrogen-bond donors (Lipinski definition) is 2. The Balaban J connectivity index is 2.11. The summed E-state index contributed by atoms with van der Waals surface area (Å²) in [5, 5.41) is 9.15. The molecule has 0 saturated carbocycles. The van der Waals surface area contributed by atoms with Crippen molar-refractivity contribution in [2.75, 3.05) is 0 Å². The maximum Gasteiger partial charge on any atom is 0.250 e. The molecule has 1 heterocycles. The molecule has 1 aromatic heterocycles. The van der Waals surface area contributed by atoms with E-state index in [1.165, 1.54) is 23.5 Å². The van der Waals surface area contributed by atoms with Crippen molar-refractivity contribution in [1.82, 2.24) is 4.72 Å². The number of halogens is 1. The molecule has 7 heteroatoms. The van der Waals surface area contributed by atoms with Crippen LogP contribution in [0.5, 0.6) is 5.75 Å². The highest BCUT2D eigenvalue weighted by atomic mass is 79.9. The lowest BCUT2D eigenvalue weighted by molar-refractivity contribution is 0.475. The Kier molecular flexibility index (Phi) is 4.29. The van der Waals surface area contributed by atoms with Crippen LogP contribution < -0.4 is 4.72 Å². The fraction of sp³-hybridized carbons (Fsp3) is 0.167. The van der Waals surface area contributed by atoms with Crippen LogP contribution in [0.2, 0.25) is 0 Å². The molecular formula is C12H12BrNO3S2. The van der Waals surface area contributed by atoms with Crippen molar-refractivity contribution in [1.29, 1.82) is 0 Å². The number of hydrogen-bond acceptors (Lipinski definition) is 4. The first-order chi connectivity index (χ1) is 8.88. The van der Waals surface area contributed by atoms with E-state index < -0.39 is 10.0 Å². The molecule has 0 atom stereocenters. The zero-order valence-electron chi connectivity index (χ0n) is 10.1. The molecule has 102 valence electrons. The molecule has 0 aliphatic rings. The van der Waals surface area contributed by atoms with Crippen molar-refractivity contribution in [3.63, 3.8) is 0 Å². The van der Waals surface area contributed by atoms with E-state index >= 15 is 0 Å². The van der Waals surface area contributed by atoms with Crippen molar-refractivity contribution >= 4 is 37.3 Å². The van der Waals surface area contributed by atoms with Gasteiger partial charge in [0.05, 0.1) is 3.79 Å². The summed E-state index contributed by atoms with van der Waals surface area (Å²) < 4.78 is 27.8. The Bertz CT molecular complexity index is 658. The van der Waals surface area contributed by atoms with Gasteiger partial charge in [0.15, 0.2) is 0 Å². The number of thiophene rings is 1. The van der Waals surface area contributed by atoms with Crippen LogP contribution in [0.4, 0.5) is 0 Å². The van der Waals surface area contributed by atoms with Gasteiger partial charge in [0, 0.05) is 6.54 Å². The number of phenolic OH excluding ortho intramolecular Hbond substituents is 1. The van der Waals surface area contributed by atoms with Gasteiger partial charge in [-0.25, -0.2) is 13.1 Å². The van der Waals surface area contributed by atoms with Gasteiger partial charge < -0.3 is 5.11 Å². The Morgan fingerprint density at radius 1 is 1.32 bits per heavy atom. The molecule has 0 aliphatic carbocycles. The fourth-order valence-electron chi connectivity index (χ4n) is 1.43. The third-order valence-corrected chi connectivity index (χ3v) is 6.51. The number of rotatable bonds is 4. The summed E-state index contributed by atoms with van der Waals surface area (Å²) in [6.07, 6.45) is 0. The summed E-state index contributed by atoms with van der Waals surface area (Å²) in [4.78, 5) is 0. The normalized spacial score (nSPS) is 11.7. The Morgan fingerprint density at radius 2 is 1.95 bits per heavy atom. The Labute approximate surface area is 124 Å². The first-order valence-electron chi connectivity index (χ1n) is 5.42. The molecule has 19 heavy (non-hydrogen) atoms. The van der Waals surface area contributed by atoms with Crippen molar-refractivity contribution in [2.45, 2.75) is 17.7 Å². The van der Waals surface area contributed by atoms with Gasteiger partial charge in [-0.2, -0.15) is 0 Å². The number of aryl methyl sites for hydroxylation is 1. The fourth-order valence-corrected chi connectivity index (χ4v) is 4.72. The zero-order chi connectivity index (χ0) is 14.0. The lowest BCUT2D eigenvalue weighted by Crippen LogP contribution is -2.22. The first kappa shape index (κ1) is 14.5. The largest absolute Gasteiger partial charge is 0.508 e. The molecule has 0 amide bonds. The van der Waals surface area contributed by atoms with Gasteiger partial charge in [0.2, 0.25) is 10.0 Å². The van der Waals surface area contributed by atoms with E-state index in [2.05, 4.69) is 20.7 Å². The highest BCUT2D eigenvalue weighted by Crippen LogP contribution is 2.30. The molecule has 1 aromatic carbocycles. The minimum absolute atomic E-state index is 0.157. The third-order valence-electron chi connectivity index (χ3n) is 2.50. The number of phenols is 1. The molecule has 0 saturated heterocycles. The number of nitrogens with one attached hydrogen (secondary N) is 1. The topological polar surface area (TPSA) is 66.4 Å². The van der Waals surface area contributed by atoms with E-state index in [-0.39, 0.29) is 16.5 Å². The van der Waals surface area contributed by atoms with E-state index in [9.17, 15) is 8.42 Å². The van der Waals surface area contributed by atoms with Crippen LogP contribution in [0, 0.1) is 6.92 Å². The van der Waals surface area contributed by atoms with Crippen LogP contribution in [0.25, 0.3) is 0 Å². The molecule has 0 radical (unpaired) electrons. The summed E-state index contributed by atoms with van der Waals surface area (Å²) in [7, 11) is -3.49. The summed E-state index contributed by atoms with van der Waals surface area (Å²) in [5.41, 5.74) is 1.68. The summed E-state index contributed by atoms with van der Waals surface area (Å²) in [6, 6.07) is 8.03. The van der Waals surface area contributed by atoms with Gasteiger partial charge in [-0.15, -0.1) is 11.3 Å². The van der Waals surface area contributed by atoms with Gasteiger partial charge in [-0.1, -0.05) is 12.1 Å². The maximum absolute atomic E-state index is 12.1. The highest BCUT2D eigenvalue weighted by molar-refractivity contribution is 9.11. The van der Waals surface area contributed by atoms with Crippen LogP contribution in [0.15, 0.2) is 38.3 Å². The van der Waals surface area contributed by atoms with Crippen molar-refractivity contribution < 1.29 is 13.5 Å². The molecule has 0 unspecified atom stereocenters. The molecular weight excluding hydrogens is 350 g/mol. The summed E-state index contributed by atoms with van der Waals surface area (Å²) >= 11 is 4.50. The number of aromatic hydroxyl groups is 1. The van der Waals surface area contributed by atoms with E-state index in [0.29, 0.717) is 0 Å². The maximum atomic E-state index is 12.1. The van der Waals surface area contributed by atoms with Gasteiger partial charge in [0.1, 0.15) is 9.96 Å². The predicted molar refractivity (Wildman–Crippen MR) is 78.9 cm³/mol. The highest BCUT2D eigenvalue weighted by Gasteiger charge is 2.17. The minimum Gasteiger partial charge on any atom is -0.508 e. The van der Waals surface area contributed by atoms with Crippen LogP contribution >= 0.6 is 27.3 Å². The van der Waals surface area contributed by atoms with Gasteiger partial charge in [-0.05, 0) is 52.2 Å². The van der Waals surface area contributed by atoms with Gasteiger partial charge in [-0.3, -0.25) is 0 Å².